The van der Waals surface area contributed by atoms with Crippen LogP contribution in [-0.4, -0.2) is 11.7 Å². The standard InChI is InChI=1S/C18H21NO2S/c1-18(2,3)21-17(20)19-16(14-10-6-4-7-11-14)22-15-12-8-5-9-13-15/h4-13,16H,1-3H3,(H,19,20). The zero-order chi connectivity index (χ0) is 16.0. The molecule has 0 heterocycles. The maximum atomic E-state index is 12.1. The van der Waals surface area contributed by atoms with Gasteiger partial charge in [-0.25, -0.2) is 4.79 Å². The van der Waals surface area contributed by atoms with Crippen molar-refractivity contribution in [1.82, 2.24) is 5.32 Å². The van der Waals surface area contributed by atoms with Crippen molar-refractivity contribution in [2.45, 2.75) is 36.6 Å². The molecule has 0 aromatic heterocycles. The Hall–Kier alpha value is -1.94. The van der Waals surface area contributed by atoms with Crippen molar-refractivity contribution >= 4 is 17.9 Å². The molecule has 2 rings (SSSR count). The summed E-state index contributed by atoms with van der Waals surface area (Å²) in [6.07, 6.45) is -0.412. The second-order valence-electron chi connectivity index (χ2n) is 5.87. The summed E-state index contributed by atoms with van der Waals surface area (Å²) in [4.78, 5) is 13.2. The highest BCUT2D eigenvalue weighted by Crippen LogP contribution is 2.33. The average molecular weight is 315 g/mol. The Labute approximate surface area is 136 Å². The normalized spacial score (nSPS) is 12.5. The number of amides is 1. The predicted octanol–water partition coefficient (Wildman–Crippen LogP) is 5.00. The van der Waals surface area contributed by atoms with Gasteiger partial charge in [0.2, 0.25) is 0 Å². The number of hydrogen-bond donors (Lipinski definition) is 1. The summed E-state index contributed by atoms with van der Waals surface area (Å²) in [6.45, 7) is 5.57. The molecule has 0 fully saturated rings. The van der Waals surface area contributed by atoms with Crippen LogP contribution in [0.4, 0.5) is 4.79 Å². The Morgan fingerprint density at radius 1 is 1.00 bits per heavy atom. The number of alkyl carbamates (subject to hydrolysis) is 1. The van der Waals surface area contributed by atoms with Gasteiger partial charge in [-0.3, -0.25) is 0 Å². The fraction of sp³-hybridized carbons (Fsp3) is 0.278. The second kappa shape index (κ2) is 7.36. The molecule has 1 atom stereocenters. The third-order valence-electron chi connectivity index (χ3n) is 2.75. The van der Waals surface area contributed by atoms with Crippen molar-refractivity contribution in [3.8, 4) is 0 Å². The largest absolute Gasteiger partial charge is 0.444 e. The number of ether oxygens (including phenoxy) is 1. The third kappa shape index (κ3) is 5.45. The summed E-state index contributed by atoms with van der Waals surface area (Å²) in [6, 6.07) is 19.9. The third-order valence-corrected chi connectivity index (χ3v) is 3.92. The van der Waals surface area contributed by atoms with Gasteiger partial charge in [0.15, 0.2) is 0 Å². The molecule has 0 saturated heterocycles. The number of rotatable bonds is 4. The van der Waals surface area contributed by atoms with Gasteiger partial charge in [0.05, 0.1) is 0 Å². The molecule has 116 valence electrons. The summed E-state index contributed by atoms with van der Waals surface area (Å²) >= 11 is 1.58. The van der Waals surface area contributed by atoms with Crippen LogP contribution in [-0.2, 0) is 4.74 Å². The summed E-state index contributed by atoms with van der Waals surface area (Å²) < 4.78 is 5.36. The monoisotopic (exact) mass is 315 g/mol. The molecular formula is C18H21NO2S. The van der Waals surface area contributed by atoms with Crippen molar-refractivity contribution in [2.24, 2.45) is 0 Å². The molecule has 0 aliphatic rings. The Kier molecular flexibility index (Phi) is 5.50. The molecule has 0 spiro atoms. The molecule has 2 aromatic rings. The van der Waals surface area contributed by atoms with E-state index in [2.05, 4.69) is 5.32 Å². The number of carbonyl (C=O) groups excluding carboxylic acids is 1. The number of nitrogens with one attached hydrogen (secondary N) is 1. The van der Waals surface area contributed by atoms with Crippen LogP contribution in [0.2, 0.25) is 0 Å². The fourth-order valence-corrected chi connectivity index (χ4v) is 2.89. The molecule has 0 saturated carbocycles. The lowest BCUT2D eigenvalue weighted by atomic mass is 10.2. The van der Waals surface area contributed by atoms with Gasteiger partial charge in [0.1, 0.15) is 11.0 Å². The average Bonchev–Trinajstić information content (AvgIpc) is 2.47. The van der Waals surface area contributed by atoms with Crippen LogP contribution in [0.25, 0.3) is 0 Å². The lowest BCUT2D eigenvalue weighted by molar-refractivity contribution is 0.0521. The Morgan fingerprint density at radius 3 is 2.09 bits per heavy atom. The summed E-state index contributed by atoms with van der Waals surface area (Å²) in [7, 11) is 0. The highest BCUT2D eigenvalue weighted by Gasteiger charge is 2.21. The minimum atomic E-state index is -0.511. The van der Waals surface area contributed by atoms with Crippen molar-refractivity contribution in [3.05, 3.63) is 66.2 Å². The first kappa shape index (κ1) is 16.4. The number of carbonyl (C=O) groups is 1. The minimum absolute atomic E-state index is 0.196. The molecule has 22 heavy (non-hydrogen) atoms. The predicted molar refractivity (Wildman–Crippen MR) is 90.9 cm³/mol. The molecule has 0 bridgehead atoms. The van der Waals surface area contributed by atoms with E-state index in [0.717, 1.165) is 10.5 Å². The fourth-order valence-electron chi connectivity index (χ4n) is 1.86. The smallest absolute Gasteiger partial charge is 0.408 e. The molecule has 2 aromatic carbocycles. The van der Waals surface area contributed by atoms with E-state index >= 15 is 0 Å². The molecular weight excluding hydrogens is 294 g/mol. The van der Waals surface area contributed by atoms with Crippen molar-refractivity contribution < 1.29 is 9.53 Å². The highest BCUT2D eigenvalue weighted by molar-refractivity contribution is 7.99. The lowest BCUT2D eigenvalue weighted by Crippen LogP contribution is -2.34. The zero-order valence-corrected chi connectivity index (χ0v) is 13.9. The first-order valence-corrected chi connectivity index (χ1v) is 8.08. The van der Waals surface area contributed by atoms with Crippen LogP contribution in [0.3, 0.4) is 0 Å². The molecule has 0 radical (unpaired) electrons. The van der Waals surface area contributed by atoms with E-state index in [1.807, 2.05) is 81.4 Å². The van der Waals surface area contributed by atoms with Gasteiger partial charge >= 0.3 is 6.09 Å². The Bertz CT molecular complexity index is 593. The topological polar surface area (TPSA) is 38.3 Å². The number of thioether (sulfide) groups is 1. The van der Waals surface area contributed by atoms with Crippen LogP contribution in [0, 0.1) is 0 Å². The van der Waals surface area contributed by atoms with Gasteiger partial charge < -0.3 is 10.1 Å². The summed E-state index contributed by atoms with van der Waals surface area (Å²) in [5.74, 6) is 0. The van der Waals surface area contributed by atoms with E-state index in [1.54, 1.807) is 11.8 Å². The van der Waals surface area contributed by atoms with E-state index < -0.39 is 11.7 Å². The van der Waals surface area contributed by atoms with E-state index in [-0.39, 0.29) is 5.37 Å². The van der Waals surface area contributed by atoms with Crippen LogP contribution >= 0.6 is 11.8 Å². The molecule has 4 heteroatoms. The SMILES string of the molecule is CC(C)(C)OC(=O)NC(Sc1ccccc1)c1ccccc1. The van der Waals surface area contributed by atoms with E-state index in [1.165, 1.54) is 0 Å². The molecule has 1 unspecified atom stereocenters. The van der Waals surface area contributed by atoms with Gasteiger partial charge in [0, 0.05) is 4.90 Å². The zero-order valence-electron chi connectivity index (χ0n) is 13.1. The second-order valence-corrected chi connectivity index (χ2v) is 7.05. The molecule has 1 amide bonds. The van der Waals surface area contributed by atoms with Crippen LogP contribution in [0.1, 0.15) is 31.7 Å². The number of hydrogen-bond acceptors (Lipinski definition) is 3. The lowest BCUT2D eigenvalue weighted by Gasteiger charge is -2.23. The quantitative estimate of drug-likeness (QED) is 0.637. The minimum Gasteiger partial charge on any atom is -0.444 e. The summed E-state index contributed by atoms with van der Waals surface area (Å²) in [5.41, 5.74) is 0.519. The van der Waals surface area contributed by atoms with E-state index in [4.69, 9.17) is 4.74 Å². The molecule has 0 aliphatic carbocycles. The van der Waals surface area contributed by atoms with Crippen molar-refractivity contribution in [3.63, 3.8) is 0 Å². The van der Waals surface area contributed by atoms with Crippen molar-refractivity contribution in [1.29, 1.82) is 0 Å². The summed E-state index contributed by atoms with van der Waals surface area (Å²) in [5, 5.41) is 2.74. The van der Waals surface area contributed by atoms with Gasteiger partial charge in [-0.15, -0.1) is 0 Å². The van der Waals surface area contributed by atoms with Crippen LogP contribution < -0.4 is 5.32 Å². The maximum Gasteiger partial charge on any atom is 0.408 e. The van der Waals surface area contributed by atoms with Crippen LogP contribution in [0.15, 0.2) is 65.6 Å². The Morgan fingerprint density at radius 2 is 1.55 bits per heavy atom. The van der Waals surface area contributed by atoms with Gasteiger partial charge in [-0.2, -0.15) is 0 Å². The van der Waals surface area contributed by atoms with Crippen molar-refractivity contribution in [2.75, 3.05) is 0 Å². The first-order chi connectivity index (χ1) is 10.4. The van der Waals surface area contributed by atoms with Gasteiger partial charge in [-0.05, 0) is 38.5 Å². The maximum absolute atomic E-state index is 12.1. The van der Waals surface area contributed by atoms with E-state index in [9.17, 15) is 4.79 Å². The molecule has 1 N–H and O–H groups in total. The van der Waals surface area contributed by atoms with Gasteiger partial charge in [-0.1, -0.05) is 60.3 Å². The first-order valence-electron chi connectivity index (χ1n) is 7.20. The number of benzene rings is 2. The van der Waals surface area contributed by atoms with E-state index in [0.29, 0.717) is 0 Å². The Balaban J connectivity index is 2.14. The molecule has 0 aliphatic heterocycles. The van der Waals surface area contributed by atoms with Crippen LogP contribution in [0.5, 0.6) is 0 Å². The highest BCUT2D eigenvalue weighted by atomic mass is 32.2. The molecule has 3 nitrogen and oxygen atoms in total. The van der Waals surface area contributed by atoms with Gasteiger partial charge in [0.25, 0.3) is 0 Å².